The molecule has 1 aliphatic heterocycles. The number of amides is 1. The molecule has 0 aromatic heterocycles. The zero-order valence-electron chi connectivity index (χ0n) is 12.2. The van der Waals surface area contributed by atoms with E-state index in [0.29, 0.717) is 24.1 Å². The van der Waals surface area contributed by atoms with Gasteiger partial charge in [0, 0.05) is 6.54 Å². The Kier molecular flexibility index (Phi) is 5.77. The Bertz CT molecular complexity index is 425. The van der Waals surface area contributed by atoms with Crippen LogP contribution in [0.15, 0.2) is 24.3 Å². The molecule has 1 saturated heterocycles. The number of carbonyl (C=O) groups excluding carboxylic acids is 1. The van der Waals surface area contributed by atoms with Crippen LogP contribution in [0, 0.1) is 5.92 Å². The molecule has 0 spiro atoms. The lowest BCUT2D eigenvalue weighted by molar-refractivity contribution is 0.199. The summed E-state index contributed by atoms with van der Waals surface area (Å²) in [6, 6.07) is 7.97. The molecule has 1 fully saturated rings. The second-order valence-electron chi connectivity index (χ2n) is 5.62. The van der Waals surface area contributed by atoms with Gasteiger partial charge in [-0.15, -0.1) is 0 Å². The third-order valence-corrected chi connectivity index (χ3v) is 4.49. The van der Waals surface area contributed by atoms with Gasteiger partial charge in [0.25, 0.3) is 0 Å². The van der Waals surface area contributed by atoms with Crippen LogP contribution in [0.25, 0.3) is 0 Å². The summed E-state index contributed by atoms with van der Waals surface area (Å²) in [7, 11) is 0. The maximum atomic E-state index is 11.6. The lowest BCUT2D eigenvalue weighted by atomic mass is 9.93. The number of thioether (sulfide) groups is 1. The summed E-state index contributed by atoms with van der Waals surface area (Å²) in [4.78, 5) is 11.6. The lowest BCUT2D eigenvalue weighted by Gasteiger charge is -2.21. The number of ether oxygens (including phenoxy) is 1. The van der Waals surface area contributed by atoms with Crippen molar-refractivity contribution >= 4 is 17.9 Å². The summed E-state index contributed by atoms with van der Waals surface area (Å²) in [5.41, 5.74) is 1.36. The molecule has 1 amide bonds. The fourth-order valence-corrected chi connectivity index (χ4v) is 3.38. The zero-order chi connectivity index (χ0) is 14.4. The minimum Gasteiger partial charge on any atom is -0.410 e. The SMILES string of the molecule is CC(C)CNC(=O)Oc1ccc(C2CCSCC2)cc1. The van der Waals surface area contributed by atoms with Gasteiger partial charge in [-0.25, -0.2) is 4.79 Å². The van der Waals surface area contributed by atoms with Gasteiger partial charge in [0.1, 0.15) is 5.75 Å². The molecule has 0 radical (unpaired) electrons. The molecule has 0 saturated carbocycles. The van der Waals surface area contributed by atoms with Crippen molar-refractivity contribution in [2.75, 3.05) is 18.1 Å². The first-order valence-electron chi connectivity index (χ1n) is 7.28. The summed E-state index contributed by atoms with van der Waals surface area (Å²) in [6.45, 7) is 4.74. The first-order valence-corrected chi connectivity index (χ1v) is 8.44. The van der Waals surface area contributed by atoms with Crippen LogP contribution in [0.5, 0.6) is 5.75 Å². The Labute approximate surface area is 125 Å². The highest BCUT2D eigenvalue weighted by Crippen LogP contribution is 2.32. The normalized spacial score (nSPS) is 16.1. The molecular formula is C16H23NO2S. The molecule has 20 heavy (non-hydrogen) atoms. The van der Waals surface area contributed by atoms with E-state index in [1.165, 1.54) is 29.9 Å². The molecule has 1 heterocycles. The van der Waals surface area contributed by atoms with E-state index < -0.39 is 0 Å². The summed E-state index contributed by atoms with van der Waals surface area (Å²) >= 11 is 2.03. The highest BCUT2D eigenvalue weighted by molar-refractivity contribution is 7.99. The molecule has 1 aromatic rings. The van der Waals surface area contributed by atoms with Crippen molar-refractivity contribution in [1.82, 2.24) is 5.32 Å². The van der Waals surface area contributed by atoms with Gasteiger partial charge in [-0.1, -0.05) is 26.0 Å². The fraction of sp³-hybridized carbons (Fsp3) is 0.562. The van der Waals surface area contributed by atoms with Gasteiger partial charge in [-0.2, -0.15) is 11.8 Å². The van der Waals surface area contributed by atoms with E-state index in [9.17, 15) is 4.79 Å². The number of hydrogen-bond donors (Lipinski definition) is 1. The Balaban J connectivity index is 1.86. The van der Waals surface area contributed by atoms with Crippen molar-refractivity contribution < 1.29 is 9.53 Å². The van der Waals surface area contributed by atoms with Crippen molar-refractivity contribution in [3.63, 3.8) is 0 Å². The standard InChI is InChI=1S/C16H23NO2S/c1-12(2)11-17-16(18)19-15-5-3-13(4-6-15)14-7-9-20-10-8-14/h3-6,12,14H,7-11H2,1-2H3,(H,17,18). The lowest BCUT2D eigenvalue weighted by Crippen LogP contribution is -2.30. The zero-order valence-corrected chi connectivity index (χ0v) is 13.0. The molecule has 3 nitrogen and oxygen atoms in total. The fourth-order valence-electron chi connectivity index (χ4n) is 2.27. The van der Waals surface area contributed by atoms with Crippen molar-refractivity contribution in [1.29, 1.82) is 0 Å². The first kappa shape index (κ1) is 15.2. The van der Waals surface area contributed by atoms with Gasteiger partial charge in [0.15, 0.2) is 0 Å². The Morgan fingerprint density at radius 2 is 1.95 bits per heavy atom. The second-order valence-corrected chi connectivity index (χ2v) is 6.84. The second kappa shape index (κ2) is 7.58. The number of nitrogens with one attached hydrogen (secondary N) is 1. The predicted octanol–water partition coefficient (Wildman–Crippen LogP) is 4.04. The Hall–Kier alpha value is -1.16. The summed E-state index contributed by atoms with van der Waals surface area (Å²) < 4.78 is 5.25. The molecule has 0 bridgehead atoms. The number of hydrogen-bond acceptors (Lipinski definition) is 3. The molecule has 1 N–H and O–H groups in total. The van der Waals surface area contributed by atoms with Crippen LogP contribution in [0.1, 0.15) is 38.2 Å². The van der Waals surface area contributed by atoms with Crippen molar-refractivity contribution in [3.8, 4) is 5.75 Å². The van der Waals surface area contributed by atoms with Crippen molar-refractivity contribution in [3.05, 3.63) is 29.8 Å². The molecule has 0 unspecified atom stereocenters. The van der Waals surface area contributed by atoms with Gasteiger partial charge in [-0.05, 0) is 53.9 Å². The minimum atomic E-state index is -0.375. The number of carbonyl (C=O) groups is 1. The maximum Gasteiger partial charge on any atom is 0.412 e. The van der Waals surface area contributed by atoms with E-state index in [2.05, 4.69) is 31.3 Å². The first-order chi connectivity index (χ1) is 9.65. The van der Waals surface area contributed by atoms with Crippen LogP contribution in [-0.4, -0.2) is 24.1 Å². The van der Waals surface area contributed by atoms with Crippen molar-refractivity contribution in [2.24, 2.45) is 5.92 Å². The van der Waals surface area contributed by atoms with Crippen LogP contribution in [0.2, 0.25) is 0 Å². The third-order valence-electron chi connectivity index (χ3n) is 3.44. The molecule has 4 heteroatoms. The smallest absolute Gasteiger partial charge is 0.410 e. The Morgan fingerprint density at radius 3 is 2.55 bits per heavy atom. The van der Waals surface area contributed by atoms with E-state index in [-0.39, 0.29) is 6.09 Å². The van der Waals surface area contributed by atoms with E-state index in [0.717, 1.165) is 0 Å². The van der Waals surface area contributed by atoms with Gasteiger partial charge < -0.3 is 10.1 Å². The molecule has 2 rings (SSSR count). The molecule has 0 atom stereocenters. The molecule has 1 aliphatic rings. The molecule has 1 aromatic carbocycles. The average Bonchev–Trinajstić information content (AvgIpc) is 2.47. The highest BCUT2D eigenvalue weighted by atomic mass is 32.2. The maximum absolute atomic E-state index is 11.6. The predicted molar refractivity (Wildman–Crippen MR) is 84.6 cm³/mol. The summed E-state index contributed by atoms with van der Waals surface area (Å²) in [5.74, 6) is 4.20. The van der Waals surface area contributed by atoms with Crippen LogP contribution in [0.4, 0.5) is 4.79 Å². The van der Waals surface area contributed by atoms with Gasteiger partial charge in [0.2, 0.25) is 0 Å². The summed E-state index contributed by atoms with van der Waals surface area (Å²) in [6.07, 6.45) is 2.12. The van der Waals surface area contributed by atoms with Crippen LogP contribution >= 0.6 is 11.8 Å². The van der Waals surface area contributed by atoms with Gasteiger partial charge in [-0.3, -0.25) is 0 Å². The molecular weight excluding hydrogens is 270 g/mol. The number of benzene rings is 1. The van der Waals surface area contributed by atoms with E-state index >= 15 is 0 Å². The van der Waals surface area contributed by atoms with Crippen LogP contribution in [-0.2, 0) is 0 Å². The molecule has 0 aliphatic carbocycles. The third kappa shape index (κ3) is 4.75. The number of rotatable bonds is 4. The topological polar surface area (TPSA) is 38.3 Å². The Morgan fingerprint density at radius 1 is 1.30 bits per heavy atom. The summed E-state index contributed by atoms with van der Waals surface area (Å²) in [5, 5.41) is 2.74. The van der Waals surface area contributed by atoms with Crippen molar-refractivity contribution in [2.45, 2.75) is 32.6 Å². The van der Waals surface area contributed by atoms with Gasteiger partial charge >= 0.3 is 6.09 Å². The van der Waals surface area contributed by atoms with Crippen LogP contribution < -0.4 is 10.1 Å². The van der Waals surface area contributed by atoms with Gasteiger partial charge in [0.05, 0.1) is 0 Å². The quantitative estimate of drug-likeness (QED) is 0.910. The monoisotopic (exact) mass is 293 g/mol. The largest absolute Gasteiger partial charge is 0.412 e. The molecule has 110 valence electrons. The highest BCUT2D eigenvalue weighted by Gasteiger charge is 2.15. The van der Waals surface area contributed by atoms with E-state index in [4.69, 9.17) is 4.74 Å². The average molecular weight is 293 g/mol. The van der Waals surface area contributed by atoms with E-state index in [1.54, 1.807) is 0 Å². The van der Waals surface area contributed by atoms with Crippen LogP contribution in [0.3, 0.4) is 0 Å². The minimum absolute atomic E-state index is 0.375. The van der Waals surface area contributed by atoms with E-state index in [1.807, 2.05) is 23.9 Å².